The molecule has 13 heavy (non-hydrogen) atoms. The number of hydrogen-bond donors (Lipinski definition) is 3. The second-order valence-corrected chi connectivity index (χ2v) is 3.37. The molecular formula is C10H16N2O. The third kappa shape index (κ3) is 2.95. The third-order valence-electron chi connectivity index (χ3n) is 2.01. The van der Waals surface area contributed by atoms with Crippen molar-refractivity contribution in [3.05, 3.63) is 24.3 Å². The molecule has 0 heterocycles. The lowest BCUT2D eigenvalue weighted by Gasteiger charge is -2.24. The molecule has 0 aromatic heterocycles. The summed E-state index contributed by atoms with van der Waals surface area (Å²) in [5, 5.41) is 12.7. The zero-order chi connectivity index (χ0) is 9.90. The average Bonchev–Trinajstić information content (AvgIpc) is 2.09. The van der Waals surface area contributed by atoms with Crippen molar-refractivity contribution < 1.29 is 5.11 Å². The largest absolute Gasteiger partial charge is 0.399 e. The zero-order valence-corrected chi connectivity index (χ0v) is 8.04. The van der Waals surface area contributed by atoms with E-state index in [1.54, 1.807) is 19.1 Å². The Balaban J connectivity index is 2.69. The second kappa shape index (κ2) is 3.66. The van der Waals surface area contributed by atoms with Gasteiger partial charge in [0, 0.05) is 11.4 Å². The molecule has 1 atom stereocenters. The van der Waals surface area contributed by atoms with Crippen molar-refractivity contribution in [1.82, 2.24) is 0 Å². The molecule has 0 bridgehead atoms. The van der Waals surface area contributed by atoms with Crippen LogP contribution in [-0.4, -0.2) is 10.8 Å². The van der Waals surface area contributed by atoms with Crippen LogP contribution in [-0.2, 0) is 0 Å². The summed E-state index contributed by atoms with van der Waals surface area (Å²) in [5.41, 5.74) is 6.28. The van der Waals surface area contributed by atoms with E-state index < -0.39 is 5.72 Å². The highest BCUT2D eigenvalue weighted by molar-refractivity contribution is 5.51. The Hall–Kier alpha value is -1.22. The highest BCUT2D eigenvalue weighted by Crippen LogP contribution is 2.16. The number of anilines is 2. The maximum Gasteiger partial charge on any atom is 0.132 e. The fraction of sp³-hybridized carbons (Fsp3) is 0.400. The van der Waals surface area contributed by atoms with E-state index in [1.807, 2.05) is 19.1 Å². The molecule has 3 heteroatoms. The van der Waals surface area contributed by atoms with Crippen LogP contribution in [0, 0.1) is 0 Å². The third-order valence-corrected chi connectivity index (χ3v) is 2.01. The Morgan fingerprint density at radius 2 is 1.92 bits per heavy atom. The summed E-state index contributed by atoms with van der Waals surface area (Å²) >= 11 is 0. The number of nitrogens with one attached hydrogen (secondary N) is 1. The fourth-order valence-electron chi connectivity index (χ4n) is 0.966. The normalized spacial score (nSPS) is 15.0. The molecule has 1 unspecified atom stereocenters. The minimum atomic E-state index is -0.851. The van der Waals surface area contributed by atoms with Crippen LogP contribution in [0.25, 0.3) is 0 Å². The smallest absolute Gasteiger partial charge is 0.132 e. The van der Waals surface area contributed by atoms with Gasteiger partial charge in [-0.2, -0.15) is 0 Å². The van der Waals surface area contributed by atoms with E-state index in [0.717, 1.165) is 11.4 Å². The molecule has 0 aliphatic carbocycles. The van der Waals surface area contributed by atoms with Crippen molar-refractivity contribution >= 4 is 11.4 Å². The molecule has 0 spiro atoms. The molecule has 72 valence electrons. The van der Waals surface area contributed by atoms with Gasteiger partial charge in [-0.3, -0.25) is 0 Å². The summed E-state index contributed by atoms with van der Waals surface area (Å²) in [6, 6.07) is 7.29. The van der Waals surface area contributed by atoms with Crippen molar-refractivity contribution in [2.24, 2.45) is 0 Å². The Morgan fingerprint density at radius 1 is 1.38 bits per heavy atom. The van der Waals surface area contributed by atoms with Gasteiger partial charge >= 0.3 is 0 Å². The summed E-state index contributed by atoms with van der Waals surface area (Å²) in [6.07, 6.45) is 0.650. The summed E-state index contributed by atoms with van der Waals surface area (Å²) in [4.78, 5) is 0. The molecular weight excluding hydrogens is 164 g/mol. The fourth-order valence-corrected chi connectivity index (χ4v) is 0.966. The lowest BCUT2D eigenvalue weighted by Crippen LogP contribution is -2.33. The minimum absolute atomic E-state index is 0.650. The van der Waals surface area contributed by atoms with Crippen LogP contribution in [0.2, 0.25) is 0 Å². The highest BCUT2D eigenvalue weighted by atomic mass is 16.3. The molecule has 0 saturated heterocycles. The van der Waals surface area contributed by atoms with Crippen molar-refractivity contribution in [3.8, 4) is 0 Å². The Kier molecular flexibility index (Phi) is 2.78. The summed E-state index contributed by atoms with van der Waals surface area (Å²) in [7, 11) is 0. The number of nitrogens with two attached hydrogens (primary N) is 1. The van der Waals surface area contributed by atoms with Gasteiger partial charge in [-0.15, -0.1) is 0 Å². The maximum atomic E-state index is 9.70. The van der Waals surface area contributed by atoms with Crippen LogP contribution >= 0.6 is 0 Å². The van der Waals surface area contributed by atoms with E-state index in [4.69, 9.17) is 5.73 Å². The lowest BCUT2D eigenvalue weighted by molar-refractivity contribution is 0.0862. The van der Waals surface area contributed by atoms with Gasteiger partial charge < -0.3 is 16.2 Å². The van der Waals surface area contributed by atoms with Gasteiger partial charge in [0.2, 0.25) is 0 Å². The first-order valence-electron chi connectivity index (χ1n) is 4.39. The van der Waals surface area contributed by atoms with Crippen LogP contribution < -0.4 is 11.1 Å². The molecule has 1 aromatic rings. The molecule has 3 nitrogen and oxygen atoms in total. The summed E-state index contributed by atoms with van der Waals surface area (Å²) in [5.74, 6) is 0. The highest BCUT2D eigenvalue weighted by Gasteiger charge is 2.15. The number of rotatable bonds is 3. The molecule has 0 amide bonds. The Morgan fingerprint density at radius 3 is 2.38 bits per heavy atom. The molecule has 0 radical (unpaired) electrons. The molecule has 4 N–H and O–H groups in total. The van der Waals surface area contributed by atoms with Crippen LogP contribution in [0.5, 0.6) is 0 Å². The van der Waals surface area contributed by atoms with Gasteiger partial charge in [-0.1, -0.05) is 6.92 Å². The van der Waals surface area contributed by atoms with Crippen LogP contribution in [0.15, 0.2) is 24.3 Å². The predicted octanol–water partition coefficient (Wildman–Crippen LogP) is 1.80. The number of hydrogen-bond acceptors (Lipinski definition) is 3. The number of aliphatic hydroxyl groups is 1. The number of nitrogen functional groups attached to an aromatic ring is 1. The minimum Gasteiger partial charge on any atom is -0.399 e. The lowest BCUT2D eigenvalue weighted by atomic mass is 10.2. The first kappa shape index (κ1) is 9.86. The van der Waals surface area contributed by atoms with Gasteiger partial charge in [0.05, 0.1) is 0 Å². The van der Waals surface area contributed by atoms with E-state index in [-0.39, 0.29) is 0 Å². The van der Waals surface area contributed by atoms with E-state index in [1.165, 1.54) is 0 Å². The Labute approximate surface area is 78.6 Å². The van der Waals surface area contributed by atoms with Crippen LogP contribution in [0.1, 0.15) is 20.3 Å². The molecule has 1 rings (SSSR count). The maximum absolute atomic E-state index is 9.70. The molecule has 1 aromatic carbocycles. The molecule has 0 aliphatic rings. The van der Waals surface area contributed by atoms with Gasteiger partial charge in [0.25, 0.3) is 0 Å². The van der Waals surface area contributed by atoms with E-state index in [2.05, 4.69) is 5.32 Å². The standard InChI is InChI=1S/C10H16N2O/c1-3-10(2,13)12-9-6-4-8(11)5-7-9/h4-7,12-13H,3,11H2,1-2H3. The van der Waals surface area contributed by atoms with Crippen molar-refractivity contribution in [3.63, 3.8) is 0 Å². The van der Waals surface area contributed by atoms with Crippen molar-refractivity contribution in [2.75, 3.05) is 11.1 Å². The molecule has 0 fully saturated rings. The van der Waals surface area contributed by atoms with Crippen molar-refractivity contribution in [1.29, 1.82) is 0 Å². The predicted molar refractivity (Wildman–Crippen MR) is 55.4 cm³/mol. The first-order chi connectivity index (χ1) is 6.03. The number of benzene rings is 1. The molecule has 0 aliphatic heterocycles. The van der Waals surface area contributed by atoms with Crippen molar-refractivity contribution in [2.45, 2.75) is 26.0 Å². The zero-order valence-electron chi connectivity index (χ0n) is 8.04. The topological polar surface area (TPSA) is 58.3 Å². The quantitative estimate of drug-likeness (QED) is 0.491. The first-order valence-corrected chi connectivity index (χ1v) is 4.39. The monoisotopic (exact) mass is 180 g/mol. The van der Waals surface area contributed by atoms with Gasteiger partial charge in [0.15, 0.2) is 0 Å². The Bertz CT molecular complexity index is 267. The molecule has 0 saturated carbocycles. The van der Waals surface area contributed by atoms with E-state index in [9.17, 15) is 5.11 Å². The van der Waals surface area contributed by atoms with Gasteiger partial charge in [0.1, 0.15) is 5.72 Å². The van der Waals surface area contributed by atoms with Gasteiger partial charge in [-0.25, -0.2) is 0 Å². The SMILES string of the molecule is CCC(C)(O)Nc1ccc(N)cc1. The van der Waals surface area contributed by atoms with Crippen LogP contribution in [0.3, 0.4) is 0 Å². The summed E-state index contributed by atoms with van der Waals surface area (Å²) in [6.45, 7) is 3.66. The van der Waals surface area contributed by atoms with Gasteiger partial charge in [-0.05, 0) is 37.6 Å². The summed E-state index contributed by atoms with van der Waals surface area (Å²) < 4.78 is 0. The van der Waals surface area contributed by atoms with Crippen LogP contribution in [0.4, 0.5) is 11.4 Å². The van der Waals surface area contributed by atoms with E-state index in [0.29, 0.717) is 6.42 Å². The van der Waals surface area contributed by atoms with E-state index >= 15 is 0 Å². The second-order valence-electron chi connectivity index (χ2n) is 3.37. The average molecular weight is 180 g/mol.